The van der Waals surface area contributed by atoms with E-state index in [0.29, 0.717) is 43.9 Å². The second kappa shape index (κ2) is 8.84. The first-order valence-electron chi connectivity index (χ1n) is 10.6. The predicted molar refractivity (Wildman–Crippen MR) is 123 cm³/mol. The molecule has 2 aliphatic rings. The van der Waals surface area contributed by atoms with E-state index in [1.54, 1.807) is 41.3 Å². The molecule has 172 valence electrons. The molecule has 2 aliphatic heterocycles. The van der Waals surface area contributed by atoms with Crippen molar-refractivity contribution in [2.45, 2.75) is 17.4 Å². The quantitative estimate of drug-likeness (QED) is 0.647. The topological polar surface area (TPSA) is 95.1 Å². The van der Waals surface area contributed by atoms with Gasteiger partial charge in [0.15, 0.2) is 9.84 Å². The molecule has 1 atom stereocenters. The van der Waals surface area contributed by atoms with Crippen molar-refractivity contribution in [3.63, 3.8) is 0 Å². The second-order valence-electron chi connectivity index (χ2n) is 8.22. The molecule has 8 nitrogen and oxygen atoms in total. The van der Waals surface area contributed by atoms with E-state index in [-0.39, 0.29) is 28.4 Å². The molecule has 2 heterocycles. The zero-order chi connectivity index (χ0) is 22.9. The molecule has 0 radical (unpaired) electrons. The fourth-order valence-corrected chi connectivity index (χ4v) is 7.26. The van der Waals surface area contributed by atoms with Crippen LogP contribution in [-0.2, 0) is 19.9 Å². The van der Waals surface area contributed by atoms with Gasteiger partial charge in [-0.25, -0.2) is 16.8 Å². The molecule has 0 bridgehead atoms. The summed E-state index contributed by atoms with van der Waals surface area (Å²) >= 11 is 0. The van der Waals surface area contributed by atoms with Crippen molar-refractivity contribution in [2.24, 2.45) is 0 Å². The van der Waals surface area contributed by atoms with Gasteiger partial charge in [-0.3, -0.25) is 14.0 Å². The number of para-hydroxylation sites is 1. The molecular weight excluding hydrogens is 450 g/mol. The SMILES string of the molecule is CN(c1ccccc1)S(=O)(=O)c1cccc(C(=O)N2CCN([C@H]3CCS(=O)(=O)C3)CC2)c1. The third kappa shape index (κ3) is 4.67. The van der Waals surface area contributed by atoms with E-state index < -0.39 is 19.9 Å². The van der Waals surface area contributed by atoms with Gasteiger partial charge in [-0.1, -0.05) is 24.3 Å². The average molecular weight is 478 g/mol. The van der Waals surface area contributed by atoms with Crippen LogP contribution in [0.4, 0.5) is 5.69 Å². The summed E-state index contributed by atoms with van der Waals surface area (Å²) in [6, 6.07) is 14.9. The van der Waals surface area contributed by atoms with Crippen LogP contribution in [0.25, 0.3) is 0 Å². The summed E-state index contributed by atoms with van der Waals surface area (Å²) in [5, 5.41) is 0. The molecule has 2 fully saturated rings. The number of carbonyl (C=O) groups excluding carboxylic acids is 1. The van der Waals surface area contributed by atoms with Gasteiger partial charge in [-0.05, 0) is 36.8 Å². The Kier molecular flexibility index (Phi) is 6.28. The Bertz CT molecular complexity index is 1190. The Morgan fingerprint density at radius 1 is 1.00 bits per heavy atom. The smallest absolute Gasteiger partial charge is 0.264 e. The minimum absolute atomic E-state index is 0.0271. The van der Waals surface area contributed by atoms with Crippen molar-refractivity contribution >= 4 is 31.5 Å². The number of benzene rings is 2. The molecule has 0 aliphatic carbocycles. The Morgan fingerprint density at radius 2 is 1.69 bits per heavy atom. The van der Waals surface area contributed by atoms with Crippen molar-refractivity contribution in [1.82, 2.24) is 9.80 Å². The number of piperazine rings is 1. The van der Waals surface area contributed by atoms with Crippen molar-refractivity contribution < 1.29 is 21.6 Å². The molecule has 1 amide bonds. The first-order valence-corrected chi connectivity index (χ1v) is 13.8. The van der Waals surface area contributed by atoms with Crippen molar-refractivity contribution in [1.29, 1.82) is 0 Å². The van der Waals surface area contributed by atoms with E-state index in [9.17, 15) is 21.6 Å². The Balaban J connectivity index is 1.45. The lowest BCUT2D eigenvalue weighted by Gasteiger charge is -2.37. The summed E-state index contributed by atoms with van der Waals surface area (Å²) in [6.45, 7) is 2.19. The first-order chi connectivity index (χ1) is 15.2. The van der Waals surface area contributed by atoms with Gasteiger partial charge in [0.2, 0.25) is 0 Å². The van der Waals surface area contributed by atoms with Crippen molar-refractivity contribution in [2.75, 3.05) is 49.0 Å². The van der Waals surface area contributed by atoms with E-state index in [0.717, 1.165) is 0 Å². The summed E-state index contributed by atoms with van der Waals surface area (Å²) in [6.07, 6.45) is 0.644. The van der Waals surface area contributed by atoms with Crippen LogP contribution in [0.1, 0.15) is 16.8 Å². The molecule has 0 aromatic heterocycles. The summed E-state index contributed by atoms with van der Waals surface area (Å²) in [7, 11) is -5.27. The lowest BCUT2D eigenvalue weighted by atomic mass is 10.1. The highest BCUT2D eigenvalue weighted by atomic mass is 32.2. The number of hydrogen-bond acceptors (Lipinski definition) is 6. The average Bonchev–Trinajstić information content (AvgIpc) is 3.18. The number of sulfonamides is 1. The number of amides is 1. The number of hydrogen-bond donors (Lipinski definition) is 0. The molecule has 0 saturated carbocycles. The molecule has 0 N–H and O–H groups in total. The normalized spacial score (nSPS) is 21.4. The van der Waals surface area contributed by atoms with Crippen LogP contribution in [0.2, 0.25) is 0 Å². The van der Waals surface area contributed by atoms with Gasteiger partial charge in [0.25, 0.3) is 15.9 Å². The van der Waals surface area contributed by atoms with Gasteiger partial charge >= 0.3 is 0 Å². The molecule has 32 heavy (non-hydrogen) atoms. The third-order valence-corrected chi connectivity index (χ3v) is 9.72. The summed E-state index contributed by atoms with van der Waals surface area (Å²) in [5.74, 6) is 0.203. The van der Waals surface area contributed by atoms with Crippen LogP contribution in [0.3, 0.4) is 0 Å². The zero-order valence-electron chi connectivity index (χ0n) is 17.9. The lowest BCUT2D eigenvalue weighted by molar-refractivity contribution is 0.0587. The molecule has 10 heteroatoms. The maximum absolute atomic E-state index is 13.1. The standard InChI is InChI=1S/C22H27N3O5S2/c1-23(19-7-3-2-4-8-19)32(29,30)21-9-5-6-18(16-21)22(26)25-13-11-24(12-14-25)20-10-15-31(27,28)17-20/h2-9,16,20H,10-15,17H2,1H3/t20-/m0/s1. The Hall–Kier alpha value is -2.43. The number of sulfone groups is 1. The number of carbonyl (C=O) groups is 1. The van der Waals surface area contributed by atoms with Crippen LogP contribution in [0, 0.1) is 0 Å². The molecule has 2 aromatic carbocycles. The van der Waals surface area contributed by atoms with Gasteiger partial charge < -0.3 is 4.90 Å². The fourth-order valence-electron chi connectivity index (χ4n) is 4.26. The summed E-state index contributed by atoms with van der Waals surface area (Å²) in [4.78, 5) is 17.0. The minimum atomic E-state index is -3.81. The first kappa shape index (κ1) is 22.8. The van der Waals surface area contributed by atoms with E-state index in [4.69, 9.17) is 0 Å². The minimum Gasteiger partial charge on any atom is -0.336 e. The highest BCUT2D eigenvalue weighted by molar-refractivity contribution is 7.92. The van der Waals surface area contributed by atoms with Gasteiger partial charge in [-0.2, -0.15) is 0 Å². The molecular formula is C22H27N3O5S2. The van der Waals surface area contributed by atoms with Gasteiger partial charge in [0.1, 0.15) is 0 Å². The van der Waals surface area contributed by atoms with E-state index in [1.165, 1.54) is 23.5 Å². The number of rotatable bonds is 5. The molecule has 4 rings (SSSR count). The summed E-state index contributed by atoms with van der Waals surface area (Å²) < 4.78 is 50.8. The largest absolute Gasteiger partial charge is 0.336 e. The zero-order valence-corrected chi connectivity index (χ0v) is 19.6. The molecule has 2 saturated heterocycles. The number of anilines is 1. The van der Waals surface area contributed by atoms with E-state index >= 15 is 0 Å². The molecule has 0 spiro atoms. The predicted octanol–water partition coefficient (Wildman–Crippen LogP) is 1.46. The fraction of sp³-hybridized carbons (Fsp3) is 0.409. The Morgan fingerprint density at radius 3 is 2.31 bits per heavy atom. The Labute approximate surface area is 189 Å². The number of nitrogens with zero attached hydrogens (tertiary/aromatic N) is 3. The maximum atomic E-state index is 13.1. The van der Waals surface area contributed by atoms with E-state index in [2.05, 4.69) is 4.90 Å². The highest BCUT2D eigenvalue weighted by Gasteiger charge is 2.34. The van der Waals surface area contributed by atoms with Crippen LogP contribution >= 0.6 is 0 Å². The highest BCUT2D eigenvalue weighted by Crippen LogP contribution is 2.24. The van der Waals surface area contributed by atoms with Crippen LogP contribution in [0.15, 0.2) is 59.5 Å². The lowest BCUT2D eigenvalue weighted by Crippen LogP contribution is -2.52. The third-order valence-electron chi connectivity index (χ3n) is 6.19. The van der Waals surface area contributed by atoms with Gasteiger partial charge in [0, 0.05) is 44.8 Å². The van der Waals surface area contributed by atoms with Crippen LogP contribution < -0.4 is 4.31 Å². The maximum Gasteiger partial charge on any atom is 0.264 e. The van der Waals surface area contributed by atoms with Crippen LogP contribution in [-0.4, -0.2) is 83.3 Å². The van der Waals surface area contributed by atoms with Crippen molar-refractivity contribution in [3.05, 3.63) is 60.2 Å². The van der Waals surface area contributed by atoms with Crippen LogP contribution in [0.5, 0.6) is 0 Å². The monoisotopic (exact) mass is 477 g/mol. The molecule has 0 unspecified atom stereocenters. The van der Waals surface area contributed by atoms with Gasteiger partial charge in [-0.15, -0.1) is 0 Å². The van der Waals surface area contributed by atoms with Gasteiger partial charge in [0.05, 0.1) is 22.1 Å². The van der Waals surface area contributed by atoms with Crippen molar-refractivity contribution in [3.8, 4) is 0 Å². The summed E-state index contributed by atoms with van der Waals surface area (Å²) in [5.41, 5.74) is 0.860. The molecule has 2 aromatic rings. The second-order valence-corrected chi connectivity index (χ2v) is 12.4. The van der Waals surface area contributed by atoms with E-state index in [1.807, 2.05) is 6.07 Å².